The minimum absolute atomic E-state index is 0.122. The molecule has 0 saturated heterocycles. The van der Waals surface area contributed by atoms with Gasteiger partial charge in [0, 0.05) is 25.2 Å². The predicted octanol–water partition coefficient (Wildman–Crippen LogP) is 0.444. The first-order valence-corrected chi connectivity index (χ1v) is 4.55. The highest BCUT2D eigenvalue weighted by Gasteiger charge is 2.39. The van der Waals surface area contributed by atoms with Gasteiger partial charge in [0.2, 0.25) is 0 Å². The molecule has 12 heavy (non-hydrogen) atoms. The quantitative estimate of drug-likeness (QED) is 0.654. The molecule has 1 unspecified atom stereocenters. The summed E-state index contributed by atoms with van der Waals surface area (Å²) in [4.78, 5) is 2.27. The largest absolute Gasteiger partial charge is 0.383 e. The van der Waals surface area contributed by atoms with Crippen molar-refractivity contribution in [3.8, 4) is 0 Å². The second-order valence-corrected chi connectivity index (χ2v) is 4.08. The van der Waals surface area contributed by atoms with E-state index in [0.29, 0.717) is 6.04 Å². The molecule has 1 fully saturated rings. The van der Waals surface area contributed by atoms with Crippen LogP contribution in [0.5, 0.6) is 0 Å². The van der Waals surface area contributed by atoms with Crippen LogP contribution in [0.1, 0.15) is 19.8 Å². The third-order valence-electron chi connectivity index (χ3n) is 2.62. The molecule has 3 nitrogen and oxygen atoms in total. The summed E-state index contributed by atoms with van der Waals surface area (Å²) < 4.78 is 5.08. The molecule has 0 aromatic heterocycles. The molecule has 0 radical (unpaired) electrons. The molecule has 0 aromatic carbocycles. The molecule has 1 aliphatic rings. The van der Waals surface area contributed by atoms with Crippen LogP contribution in [0.4, 0.5) is 0 Å². The van der Waals surface area contributed by atoms with E-state index in [2.05, 4.69) is 18.9 Å². The molecule has 3 heteroatoms. The van der Waals surface area contributed by atoms with Crippen LogP contribution in [0, 0.1) is 0 Å². The SMILES string of the molecule is COCC(C)N(C)CC1(N)CC1. The lowest BCUT2D eigenvalue weighted by molar-refractivity contribution is 0.110. The average molecular weight is 172 g/mol. The topological polar surface area (TPSA) is 38.5 Å². The van der Waals surface area contributed by atoms with E-state index in [4.69, 9.17) is 10.5 Å². The van der Waals surface area contributed by atoms with Gasteiger partial charge in [-0.3, -0.25) is 4.90 Å². The summed E-state index contributed by atoms with van der Waals surface area (Å²) in [6.45, 7) is 3.94. The van der Waals surface area contributed by atoms with Crippen LogP contribution in [0.2, 0.25) is 0 Å². The van der Waals surface area contributed by atoms with Gasteiger partial charge in [0.25, 0.3) is 0 Å². The van der Waals surface area contributed by atoms with Crippen molar-refractivity contribution in [3.63, 3.8) is 0 Å². The van der Waals surface area contributed by atoms with Crippen LogP contribution >= 0.6 is 0 Å². The molecule has 0 aromatic rings. The van der Waals surface area contributed by atoms with Crippen LogP contribution in [0.15, 0.2) is 0 Å². The fourth-order valence-electron chi connectivity index (χ4n) is 1.34. The Labute approximate surface area is 74.9 Å². The Bertz CT molecular complexity index is 145. The molecule has 1 aliphatic carbocycles. The summed E-state index contributed by atoms with van der Waals surface area (Å²) in [7, 11) is 3.84. The molecule has 0 heterocycles. The van der Waals surface area contributed by atoms with Gasteiger partial charge in [-0.1, -0.05) is 0 Å². The number of nitrogens with two attached hydrogens (primary N) is 1. The van der Waals surface area contributed by atoms with Crippen molar-refractivity contribution >= 4 is 0 Å². The van der Waals surface area contributed by atoms with Gasteiger partial charge >= 0.3 is 0 Å². The van der Waals surface area contributed by atoms with Crippen molar-refractivity contribution in [2.24, 2.45) is 5.73 Å². The van der Waals surface area contributed by atoms with E-state index in [1.807, 2.05) is 0 Å². The first-order chi connectivity index (χ1) is 5.57. The monoisotopic (exact) mass is 172 g/mol. The number of ether oxygens (including phenoxy) is 1. The summed E-state index contributed by atoms with van der Waals surface area (Å²) in [5.41, 5.74) is 6.12. The maximum Gasteiger partial charge on any atom is 0.0615 e. The van der Waals surface area contributed by atoms with E-state index in [-0.39, 0.29) is 5.54 Å². The maximum atomic E-state index is 6.00. The van der Waals surface area contributed by atoms with Crippen LogP contribution in [0.25, 0.3) is 0 Å². The maximum absolute atomic E-state index is 6.00. The van der Waals surface area contributed by atoms with Gasteiger partial charge in [-0.05, 0) is 26.8 Å². The minimum Gasteiger partial charge on any atom is -0.383 e. The predicted molar refractivity (Wildman–Crippen MR) is 50.1 cm³/mol. The van der Waals surface area contributed by atoms with E-state index < -0.39 is 0 Å². The molecule has 0 aliphatic heterocycles. The number of methoxy groups -OCH3 is 1. The molecule has 2 N–H and O–H groups in total. The average Bonchev–Trinajstić information content (AvgIpc) is 2.68. The van der Waals surface area contributed by atoms with Gasteiger partial charge in [0.05, 0.1) is 6.61 Å². The van der Waals surface area contributed by atoms with E-state index in [9.17, 15) is 0 Å². The summed E-state index contributed by atoms with van der Waals surface area (Å²) >= 11 is 0. The fraction of sp³-hybridized carbons (Fsp3) is 1.00. The van der Waals surface area contributed by atoms with E-state index >= 15 is 0 Å². The van der Waals surface area contributed by atoms with E-state index in [1.165, 1.54) is 12.8 Å². The molecular formula is C9H20N2O. The molecule has 1 rings (SSSR count). The molecular weight excluding hydrogens is 152 g/mol. The Morgan fingerprint density at radius 1 is 1.58 bits per heavy atom. The van der Waals surface area contributed by atoms with Crippen LogP contribution in [-0.2, 0) is 4.74 Å². The van der Waals surface area contributed by atoms with Gasteiger partial charge in [0.1, 0.15) is 0 Å². The van der Waals surface area contributed by atoms with E-state index in [0.717, 1.165) is 13.2 Å². The van der Waals surface area contributed by atoms with Crippen molar-refractivity contribution in [2.75, 3.05) is 27.3 Å². The highest BCUT2D eigenvalue weighted by molar-refractivity contribution is 5.01. The lowest BCUT2D eigenvalue weighted by Gasteiger charge is -2.26. The zero-order valence-electron chi connectivity index (χ0n) is 8.34. The van der Waals surface area contributed by atoms with Gasteiger partial charge in [-0.15, -0.1) is 0 Å². The highest BCUT2D eigenvalue weighted by Crippen LogP contribution is 2.32. The molecule has 0 spiro atoms. The zero-order chi connectivity index (χ0) is 9.19. The van der Waals surface area contributed by atoms with Gasteiger partial charge in [0.15, 0.2) is 0 Å². The van der Waals surface area contributed by atoms with Crippen molar-refractivity contribution in [1.29, 1.82) is 0 Å². The first-order valence-electron chi connectivity index (χ1n) is 4.55. The number of nitrogens with zero attached hydrogens (tertiary/aromatic N) is 1. The van der Waals surface area contributed by atoms with Gasteiger partial charge in [-0.25, -0.2) is 0 Å². The van der Waals surface area contributed by atoms with Gasteiger partial charge in [-0.2, -0.15) is 0 Å². The molecule has 72 valence electrons. The second kappa shape index (κ2) is 3.73. The Morgan fingerprint density at radius 3 is 2.58 bits per heavy atom. The van der Waals surface area contributed by atoms with Crippen molar-refractivity contribution < 1.29 is 4.74 Å². The van der Waals surface area contributed by atoms with E-state index in [1.54, 1.807) is 7.11 Å². The Morgan fingerprint density at radius 2 is 2.17 bits per heavy atom. The van der Waals surface area contributed by atoms with Crippen LogP contribution in [0.3, 0.4) is 0 Å². The highest BCUT2D eigenvalue weighted by atomic mass is 16.5. The number of hydrogen-bond acceptors (Lipinski definition) is 3. The minimum atomic E-state index is 0.122. The third-order valence-corrected chi connectivity index (χ3v) is 2.62. The summed E-state index contributed by atoms with van der Waals surface area (Å²) in [6.07, 6.45) is 2.36. The van der Waals surface area contributed by atoms with Crippen molar-refractivity contribution in [3.05, 3.63) is 0 Å². The molecule has 1 atom stereocenters. The standard InChI is InChI=1S/C9H20N2O/c1-8(6-12-3)11(2)7-9(10)4-5-9/h8H,4-7,10H2,1-3H3. The lowest BCUT2D eigenvalue weighted by atomic mass is 10.2. The lowest BCUT2D eigenvalue weighted by Crippen LogP contribution is -2.43. The van der Waals surface area contributed by atoms with Crippen LogP contribution in [-0.4, -0.2) is 43.8 Å². The summed E-state index contributed by atoms with van der Waals surface area (Å²) in [5.74, 6) is 0. The number of rotatable bonds is 5. The first kappa shape index (κ1) is 9.96. The Balaban J connectivity index is 2.22. The Kier molecular flexibility index (Phi) is 3.09. The number of hydrogen-bond donors (Lipinski definition) is 1. The Hall–Kier alpha value is -0.120. The summed E-state index contributed by atoms with van der Waals surface area (Å²) in [6, 6.07) is 0.469. The third kappa shape index (κ3) is 2.73. The smallest absolute Gasteiger partial charge is 0.0615 e. The molecule has 0 bridgehead atoms. The second-order valence-electron chi connectivity index (χ2n) is 4.08. The van der Waals surface area contributed by atoms with Crippen molar-refractivity contribution in [1.82, 2.24) is 4.90 Å². The summed E-state index contributed by atoms with van der Waals surface area (Å²) in [5, 5.41) is 0. The fourth-order valence-corrected chi connectivity index (χ4v) is 1.34. The molecule has 1 saturated carbocycles. The van der Waals surface area contributed by atoms with Gasteiger partial charge < -0.3 is 10.5 Å². The van der Waals surface area contributed by atoms with Crippen LogP contribution < -0.4 is 5.73 Å². The normalized spacial score (nSPS) is 22.8. The number of likely N-dealkylation sites (N-methyl/N-ethyl adjacent to an activating group) is 1. The zero-order valence-corrected chi connectivity index (χ0v) is 8.34. The molecule has 0 amide bonds. The van der Waals surface area contributed by atoms with Crippen molar-refractivity contribution in [2.45, 2.75) is 31.3 Å².